The highest BCUT2D eigenvalue weighted by atomic mass is 19.1. The molecule has 0 unspecified atom stereocenters. The first-order chi connectivity index (χ1) is 9.21. The first-order valence-electron chi connectivity index (χ1n) is 6.81. The maximum atomic E-state index is 13.3. The average Bonchev–Trinajstić information content (AvgIpc) is 2.43. The van der Waals surface area contributed by atoms with Crippen LogP contribution in [0.4, 0.5) is 4.39 Å². The van der Waals surface area contributed by atoms with Crippen molar-refractivity contribution in [2.24, 2.45) is 0 Å². The zero-order chi connectivity index (χ0) is 14.1. The Kier molecular flexibility index (Phi) is 7.17. The fourth-order valence-corrected chi connectivity index (χ4v) is 1.91. The summed E-state index contributed by atoms with van der Waals surface area (Å²) in [6, 6.07) is 4.68. The van der Waals surface area contributed by atoms with E-state index in [1.165, 1.54) is 12.1 Å². The van der Waals surface area contributed by atoms with Crippen molar-refractivity contribution in [2.45, 2.75) is 33.2 Å². The summed E-state index contributed by atoms with van der Waals surface area (Å²) in [6.45, 7) is 6.86. The minimum absolute atomic E-state index is 0.205. The fraction of sp³-hybridized carbons (Fsp3) is 0.500. The minimum Gasteiger partial charge on any atom is -0.384 e. The van der Waals surface area contributed by atoms with Crippen LogP contribution in [0.1, 0.15) is 37.8 Å². The average molecular weight is 263 g/mol. The normalized spacial score (nSPS) is 10.4. The molecule has 0 atom stereocenters. The molecule has 0 saturated carbocycles. The van der Waals surface area contributed by atoms with E-state index in [0.29, 0.717) is 5.56 Å². The second-order valence-corrected chi connectivity index (χ2v) is 4.48. The summed E-state index contributed by atoms with van der Waals surface area (Å²) in [5.41, 5.74) is 1.68. The molecule has 0 aliphatic heterocycles. The van der Waals surface area contributed by atoms with Crippen LogP contribution in [0.5, 0.6) is 0 Å². The molecule has 0 aromatic heterocycles. The van der Waals surface area contributed by atoms with E-state index < -0.39 is 0 Å². The van der Waals surface area contributed by atoms with Gasteiger partial charge < -0.3 is 5.11 Å². The number of nitrogens with zero attached hydrogens (tertiary/aromatic N) is 1. The van der Waals surface area contributed by atoms with Crippen LogP contribution < -0.4 is 0 Å². The van der Waals surface area contributed by atoms with Crippen LogP contribution in [0.15, 0.2) is 18.2 Å². The van der Waals surface area contributed by atoms with Gasteiger partial charge in [0.25, 0.3) is 0 Å². The van der Waals surface area contributed by atoms with Crippen LogP contribution in [0.2, 0.25) is 0 Å². The third-order valence-electron chi connectivity index (χ3n) is 3.04. The van der Waals surface area contributed by atoms with Crippen LogP contribution in [0, 0.1) is 17.7 Å². The predicted molar refractivity (Wildman–Crippen MR) is 76.2 cm³/mol. The summed E-state index contributed by atoms with van der Waals surface area (Å²) in [5, 5.41) is 8.75. The van der Waals surface area contributed by atoms with Crippen molar-refractivity contribution < 1.29 is 9.50 Å². The third-order valence-corrected chi connectivity index (χ3v) is 3.04. The minimum atomic E-state index is -0.289. The van der Waals surface area contributed by atoms with E-state index in [2.05, 4.69) is 30.6 Å². The molecule has 1 aromatic rings. The number of benzene rings is 1. The van der Waals surface area contributed by atoms with Crippen LogP contribution in [-0.4, -0.2) is 29.7 Å². The largest absolute Gasteiger partial charge is 0.384 e. The molecule has 0 aliphatic rings. The van der Waals surface area contributed by atoms with Gasteiger partial charge in [0, 0.05) is 12.1 Å². The van der Waals surface area contributed by atoms with Gasteiger partial charge in [0.1, 0.15) is 12.4 Å². The highest BCUT2D eigenvalue weighted by Crippen LogP contribution is 2.13. The number of aliphatic hydroxyl groups excluding tert-OH is 1. The predicted octanol–water partition coefficient (Wildman–Crippen LogP) is 2.79. The molecule has 104 valence electrons. The van der Waals surface area contributed by atoms with Crippen LogP contribution >= 0.6 is 0 Å². The van der Waals surface area contributed by atoms with Crippen molar-refractivity contribution >= 4 is 0 Å². The lowest BCUT2D eigenvalue weighted by Crippen LogP contribution is -2.24. The van der Waals surface area contributed by atoms with E-state index in [-0.39, 0.29) is 12.4 Å². The standard InChI is InChI=1S/C16H22FNO/c1-3-5-10-18(4-2)13-15-8-9-16(17)12-14(15)7-6-11-19/h8-9,12,19H,3-5,10-11,13H2,1-2H3. The number of halogens is 1. The van der Waals surface area contributed by atoms with Gasteiger partial charge in [-0.15, -0.1) is 0 Å². The summed E-state index contributed by atoms with van der Waals surface area (Å²) in [6.07, 6.45) is 2.32. The smallest absolute Gasteiger partial charge is 0.124 e. The Morgan fingerprint density at radius 3 is 2.74 bits per heavy atom. The summed E-state index contributed by atoms with van der Waals surface area (Å²) in [4.78, 5) is 2.32. The number of aliphatic hydroxyl groups is 1. The molecule has 0 radical (unpaired) electrons. The van der Waals surface area contributed by atoms with Gasteiger partial charge in [-0.25, -0.2) is 4.39 Å². The van der Waals surface area contributed by atoms with Gasteiger partial charge in [0.05, 0.1) is 0 Å². The van der Waals surface area contributed by atoms with Crippen LogP contribution in [0.3, 0.4) is 0 Å². The van der Waals surface area contributed by atoms with Crippen molar-refractivity contribution in [1.29, 1.82) is 0 Å². The Morgan fingerprint density at radius 1 is 1.32 bits per heavy atom. The van der Waals surface area contributed by atoms with E-state index in [1.807, 2.05) is 0 Å². The first kappa shape index (κ1) is 15.7. The Labute approximate surface area is 115 Å². The quantitative estimate of drug-likeness (QED) is 0.798. The molecular weight excluding hydrogens is 241 g/mol. The van der Waals surface area contributed by atoms with Crippen molar-refractivity contribution in [2.75, 3.05) is 19.7 Å². The Hall–Kier alpha value is -1.37. The fourth-order valence-electron chi connectivity index (χ4n) is 1.91. The summed E-state index contributed by atoms with van der Waals surface area (Å²) >= 11 is 0. The lowest BCUT2D eigenvalue weighted by Gasteiger charge is -2.20. The molecular formula is C16H22FNO. The van der Waals surface area contributed by atoms with E-state index in [9.17, 15) is 4.39 Å². The molecule has 3 heteroatoms. The summed E-state index contributed by atoms with van der Waals surface area (Å²) in [7, 11) is 0. The molecule has 1 N–H and O–H groups in total. The molecule has 1 aromatic carbocycles. The van der Waals surface area contributed by atoms with Crippen LogP contribution in [0.25, 0.3) is 0 Å². The molecule has 0 aliphatic carbocycles. The van der Waals surface area contributed by atoms with Gasteiger partial charge in [-0.2, -0.15) is 0 Å². The van der Waals surface area contributed by atoms with Gasteiger partial charge in [-0.05, 0) is 37.2 Å². The summed E-state index contributed by atoms with van der Waals surface area (Å²) in [5.74, 6) is 5.12. The van der Waals surface area contributed by atoms with E-state index >= 15 is 0 Å². The number of hydrogen-bond donors (Lipinski definition) is 1. The van der Waals surface area contributed by atoms with E-state index in [4.69, 9.17) is 5.11 Å². The molecule has 0 bridgehead atoms. The van der Waals surface area contributed by atoms with Crippen molar-refractivity contribution in [3.63, 3.8) is 0 Å². The van der Waals surface area contributed by atoms with Crippen LogP contribution in [-0.2, 0) is 6.54 Å². The van der Waals surface area contributed by atoms with Gasteiger partial charge >= 0.3 is 0 Å². The van der Waals surface area contributed by atoms with Gasteiger partial charge in [0.15, 0.2) is 0 Å². The zero-order valence-electron chi connectivity index (χ0n) is 11.7. The number of unbranched alkanes of at least 4 members (excludes halogenated alkanes) is 1. The second-order valence-electron chi connectivity index (χ2n) is 4.48. The maximum Gasteiger partial charge on any atom is 0.124 e. The molecule has 19 heavy (non-hydrogen) atoms. The number of hydrogen-bond acceptors (Lipinski definition) is 2. The Morgan fingerprint density at radius 2 is 2.11 bits per heavy atom. The lowest BCUT2D eigenvalue weighted by molar-refractivity contribution is 0.275. The van der Waals surface area contributed by atoms with Crippen molar-refractivity contribution in [1.82, 2.24) is 4.90 Å². The Balaban J connectivity index is 2.86. The van der Waals surface area contributed by atoms with Gasteiger partial charge in [-0.1, -0.05) is 38.2 Å². The third kappa shape index (κ3) is 5.42. The van der Waals surface area contributed by atoms with Crippen molar-refractivity contribution in [3.8, 4) is 11.8 Å². The molecule has 2 nitrogen and oxygen atoms in total. The molecule has 0 heterocycles. The highest BCUT2D eigenvalue weighted by Gasteiger charge is 2.07. The molecule has 0 saturated heterocycles. The van der Waals surface area contributed by atoms with Gasteiger partial charge in [0.2, 0.25) is 0 Å². The van der Waals surface area contributed by atoms with E-state index in [1.54, 1.807) is 6.07 Å². The molecule has 1 rings (SSSR count). The topological polar surface area (TPSA) is 23.5 Å². The zero-order valence-corrected chi connectivity index (χ0v) is 11.7. The first-order valence-corrected chi connectivity index (χ1v) is 6.81. The second kappa shape index (κ2) is 8.68. The van der Waals surface area contributed by atoms with Gasteiger partial charge in [-0.3, -0.25) is 4.90 Å². The monoisotopic (exact) mass is 263 g/mol. The number of rotatable bonds is 6. The molecule has 0 fully saturated rings. The SMILES string of the molecule is CCCCN(CC)Cc1ccc(F)cc1C#CCO. The maximum absolute atomic E-state index is 13.3. The molecule has 0 spiro atoms. The van der Waals surface area contributed by atoms with Crippen molar-refractivity contribution in [3.05, 3.63) is 35.1 Å². The van der Waals surface area contributed by atoms with E-state index in [0.717, 1.165) is 38.0 Å². The summed E-state index contributed by atoms with van der Waals surface area (Å²) < 4.78 is 13.3. The Bertz CT molecular complexity index is 448. The molecule has 0 amide bonds. The highest BCUT2D eigenvalue weighted by molar-refractivity contribution is 5.41. The lowest BCUT2D eigenvalue weighted by atomic mass is 10.1.